The number of anilines is 1. The van der Waals surface area contributed by atoms with Gasteiger partial charge in [0.1, 0.15) is 5.75 Å². The first-order valence-electron chi connectivity index (χ1n) is 7.30. The summed E-state index contributed by atoms with van der Waals surface area (Å²) < 4.78 is 5.07. The molecule has 132 valence electrons. The number of thioether (sulfide) groups is 1. The zero-order valence-electron chi connectivity index (χ0n) is 13.3. The van der Waals surface area contributed by atoms with Crippen LogP contribution in [0.4, 0.5) is 5.69 Å². The van der Waals surface area contributed by atoms with Crippen LogP contribution in [0.25, 0.3) is 0 Å². The van der Waals surface area contributed by atoms with Gasteiger partial charge < -0.3 is 15.2 Å². The van der Waals surface area contributed by atoms with E-state index >= 15 is 0 Å². The van der Waals surface area contributed by atoms with E-state index in [0.717, 1.165) is 11.8 Å². The minimum atomic E-state index is -1.01. The van der Waals surface area contributed by atoms with E-state index in [0.29, 0.717) is 11.4 Å². The number of amides is 2. The fourth-order valence-corrected chi connectivity index (χ4v) is 2.48. The zero-order chi connectivity index (χ0) is 18.2. The van der Waals surface area contributed by atoms with Crippen molar-refractivity contribution in [1.82, 2.24) is 0 Å². The smallest absolute Gasteiger partial charge is 0.303 e. The van der Waals surface area contributed by atoms with Crippen molar-refractivity contribution in [3.8, 4) is 5.75 Å². The fourth-order valence-electron chi connectivity index (χ4n) is 1.89. The lowest BCUT2D eigenvalue weighted by molar-refractivity contribution is -0.137. The summed E-state index contributed by atoms with van der Waals surface area (Å²) in [7, 11) is 1.53. The molecule has 1 atom stereocenters. The summed E-state index contributed by atoms with van der Waals surface area (Å²) >= 11 is 0.974. The molecule has 1 aliphatic rings. The van der Waals surface area contributed by atoms with E-state index < -0.39 is 17.9 Å². The molecule has 2 N–H and O–H groups in total. The predicted molar refractivity (Wildman–Crippen MR) is 92.0 cm³/mol. The van der Waals surface area contributed by atoms with Crippen LogP contribution in [-0.2, 0) is 14.4 Å². The third-order valence-electron chi connectivity index (χ3n) is 3.09. The van der Waals surface area contributed by atoms with Crippen molar-refractivity contribution in [2.45, 2.75) is 18.9 Å². The molecule has 9 nitrogen and oxygen atoms in total. The van der Waals surface area contributed by atoms with Gasteiger partial charge in [0.2, 0.25) is 11.1 Å². The van der Waals surface area contributed by atoms with Crippen molar-refractivity contribution in [2.24, 2.45) is 15.2 Å². The number of nitrogens with zero attached hydrogens (tertiary/aromatic N) is 3. The van der Waals surface area contributed by atoms with Crippen molar-refractivity contribution in [3.63, 3.8) is 0 Å². The number of aliphatic imine (C=N–C) groups is 1. The van der Waals surface area contributed by atoms with E-state index in [2.05, 4.69) is 20.5 Å². The summed E-state index contributed by atoms with van der Waals surface area (Å²) in [4.78, 5) is 37.9. The van der Waals surface area contributed by atoms with Crippen LogP contribution in [0, 0.1) is 0 Å². The molecule has 0 aromatic heterocycles. The SMILES string of the molecule is COc1cccc(NC(=O)CSC2=NC(=O)C(CCC(=O)O)N=N2)c1. The summed E-state index contributed by atoms with van der Waals surface area (Å²) in [6, 6.07) is 6.03. The number of hydrogen-bond donors (Lipinski definition) is 2. The number of nitrogens with one attached hydrogen (secondary N) is 1. The number of methoxy groups -OCH3 is 1. The lowest BCUT2D eigenvalue weighted by Gasteiger charge is -2.11. The van der Waals surface area contributed by atoms with E-state index in [9.17, 15) is 14.4 Å². The van der Waals surface area contributed by atoms with E-state index in [4.69, 9.17) is 9.84 Å². The first-order chi connectivity index (χ1) is 12.0. The highest BCUT2D eigenvalue weighted by molar-refractivity contribution is 8.14. The van der Waals surface area contributed by atoms with Gasteiger partial charge in [-0.2, -0.15) is 10.1 Å². The number of rotatable bonds is 7. The highest BCUT2D eigenvalue weighted by atomic mass is 32.2. The van der Waals surface area contributed by atoms with Crippen LogP contribution < -0.4 is 10.1 Å². The highest BCUT2D eigenvalue weighted by Gasteiger charge is 2.23. The summed E-state index contributed by atoms with van der Waals surface area (Å²) in [5, 5.41) is 18.9. The molecule has 1 unspecified atom stereocenters. The monoisotopic (exact) mass is 364 g/mol. The molecular weight excluding hydrogens is 348 g/mol. The van der Waals surface area contributed by atoms with E-state index in [1.807, 2.05) is 0 Å². The standard InChI is InChI=1S/C15H16N4O5S/c1-24-10-4-2-3-9(7-10)16-12(20)8-25-15-17-14(23)11(18-19-15)5-6-13(21)22/h2-4,7,11H,5-6,8H2,1H3,(H,16,20)(H,21,22). The van der Waals surface area contributed by atoms with Crippen LogP contribution in [0.15, 0.2) is 39.5 Å². The molecule has 2 rings (SSSR count). The van der Waals surface area contributed by atoms with Crippen molar-refractivity contribution in [1.29, 1.82) is 0 Å². The molecule has 1 aliphatic heterocycles. The first kappa shape index (κ1) is 18.6. The van der Waals surface area contributed by atoms with Gasteiger partial charge in [0, 0.05) is 18.2 Å². The molecule has 25 heavy (non-hydrogen) atoms. The summed E-state index contributed by atoms with van der Waals surface area (Å²) in [5.74, 6) is -1.24. The second kappa shape index (κ2) is 8.92. The second-order valence-corrected chi connectivity index (χ2v) is 5.91. The quantitative estimate of drug-likeness (QED) is 0.760. The van der Waals surface area contributed by atoms with Crippen molar-refractivity contribution in [2.75, 3.05) is 18.2 Å². The minimum absolute atomic E-state index is 0.00212. The van der Waals surface area contributed by atoms with Gasteiger partial charge in [-0.05, 0) is 18.6 Å². The average Bonchev–Trinajstić information content (AvgIpc) is 2.59. The first-order valence-corrected chi connectivity index (χ1v) is 8.28. The predicted octanol–water partition coefficient (Wildman–Crippen LogP) is 1.95. The third-order valence-corrected chi connectivity index (χ3v) is 3.93. The fraction of sp³-hybridized carbons (Fsp3) is 0.333. The molecule has 1 aromatic carbocycles. The summed E-state index contributed by atoms with van der Waals surface area (Å²) in [5.41, 5.74) is 0.585. The number of carboxylic acid groups (broad SMARTS) is 1. The van der Waals surface area contributed by atoms with Crippen LogP contribution in [0.2, 0.25) is 0 Å². The normalized spacial score (nSPS) is 16.3. The maximum Gasteiger partial charge on any atom is 0.303 e. The van der Waals surface area contributed by atoms with Gasteiger partial charge in [-0.3, -0.25) is 14.4 Å². The number of carbonyl (C=O) groups excluding carboxylic acids is 2. The number of carbonyl (C=O) groups is 3. The van der Waals surface area contributed by atoms with Crippen LogP contribution in [0.5, 0.6) is 5.75 Å². The molecule has 0 spiro atoms. The van der Waals surface area contributed by atoms with Gasteiger partial charge >= 0.3 is 5.97 Å². The Bertz CT molecular complexity index is 734. The van der Waals surface area contributed by atoms with E-state index in [1.165, 1.54) is 7.11 Å². The Kier molecular flexibility index (Phi) is 6.63. The number of hydrogen-bond acceptors (Lipinski definition) is 7. The maximum atomic E-state index is 11.9. The Morgan fingerprint density at radius 3 is 2.88 bits per heavy atom. The lowest BCUT2D eigenvalue weighted by atomic mass is 10.1. The van der Waals surface area contributed by atoms with Crippen molar-refractivity contribution >= 4 is 40.4 Å². The number of carboxylic acids is 1. The molecule has 0 fully saturated rings. The molecule has 2 amide bonds. The number of ether oxygens (including phenoxy) is 1. The summed E-state index contributed by atoms with van der Waals surface area (Å²) in [6.45, 7) is 0. The van der Waals surface area contributed by atoms with Gasteiger partial charge in [0.15, 0.2) is 6.04 Å². The van der Waals surface area contributed by atoms with Crippen LogP contribution in [-0.4, -0.2) is 47.0 Å². The Labute approximate surface area is 147 Å². The van der Waals surface area contributed by atoms with Crippen LogP contribution in [0.1, 0.15) is 12.8 Å². The van der Waals surface area contributed by atoms with Gasteiger partial charge in [-0.25, -0.2) is 0 Å². The van der Waals surface area contributed by atoms with Gasteiger partial charge in [0.05, 0.1) is 12.9 Å². The zero-order valence-corrected chi connectivity index (χ0v) is 14.2. The van der Waals surface area contributed by atoms with Crippen LogP contribution in [0.3, 0.4) is 0 Å². The highest BCUT2D eigenvalue weighted by Crippen LogP contribution is 2.19. The Hall–Kier alpha value is -2.75. The van der Waals surface area contributed by atoms with Crippen LogP contribution >= 0.6 is 11.8 Å². The summed E-state index contributed by atoms with van der Waals surface area (Å²) in [6.07, 6.45) is -0.133. The molecule has 0 aliphatic carbocycles. The molecule has 1 heterocycles. The largest absolute Gasteiger partial charge is 0.497 e. The molecular formula is C15H16N4O5S. The minimum Gasteiger partial charge on any atom is -0.497 e. The number of benzene rings is 1. The van der Waals surface area contributed by atoms with Crippen molar-refractivity contribution in [3.05, 3.63) is 24.3 Å². The Balaban J connectivity index is 1.82. The van der Waals surface area contributed by atoms with Gasteiger partial charge in [0.25, 0.3) is 5.91 Å². The number of azo groups is 1. The molecule has 0 radical (unpaired) electrons. The maximum absolute atomic E-state index is 11.9. The Morgan fingerprint density at radius 2 is 2.20 bits per heavy atom. The lowest BCUT2D eigenvalue weighted by Crippen LogP contribution is -2.22. The topological polar surface area (TPSA) is 130 Å². The third kappa shape index (κ3) is 5.99. The van der Waals surface area contributed by atoms with E-state index in [-0.39, 0.29) is 29.7 Å². The molecule has 10 heteroatoms. The molecule has 1 aromatic rings. The van der Waals surface area contributed by atoms with E-state index in [1.54, 1.807) is 24.3 Å². The second-order valence-electron chi connectivity index (χ2n) is 4.97. The number of aliphatic carboxylic acids is 1. The average molecular weight is 364 g/mol. The van der Waals surface area contributed by atoms with Gasteiger partial charge in [-0.1, -0.05) is 17.8 Å². The number of amidine groups is 1. The van der Waals surface area contributed by atoms with Gasteiger partial charge in [-0.15, -0.1) is 5.11 Å². The van der Waals surface area contributed by atoms with Crippen molar-refractivity contribution < 1.29 is 24.2 Å². The molecule has 0 saturated carbocycles. The molecule has 0 bridgehead atoms. The molecule has 0 saturated heterocycles. The Morgan fingerprint density at radius 1 is 1.40 bits per heavy atom.